The summed E-state index contributed by atoms with van der Waals surface area (Å²) in [7, 11) is 2.53. The normalized spacial score (nSPS) is 12.9. The first-order valence-corrected chi connectivity index (χ1v) is 9.32. The van der Waals surface area contributed by atoms with E-state index in [1.807, 2.05) is 54.6 Å². The Morgan fingerprint density at radius 3 is 1.97 bits per heavy atom. The number of ether oxygens (including phenoxy) is 2. The molecule has 0 aliphatic carbocycles. The van der Waals surface area contributed by atoms with Gasteiger partial charge in [0.25, 0.3) is 5.91 Å². The van der Waals surface area contributed by atoms with Gasteiger partial charge >= 0.3 is 11.9 Å². The molecule has 0 spiro atoms. The highest BCUT2D eigenvalue weighted by atomic mass is 16.5. The van der Waals surface area contributed by atoms with Crippen LogP contribution in [0.5, 0.6) is 0 Å². The van der Waals surface area contributed by atoms with Crippen LogP contribution in [0.2, 0.25) is 0 Å². The number of carbonyl (C=O) groups excluding carboxylic acids is 3. The number of carbonyl (C=O) groups is 3. The molecule has 6 nitrogen and oxygen atoms in total. The van der Waals surface area contributed by atoms with Gasteiger partial charge in [-0.2, -0.15) is 0 Å². The maximum absolute atomic E-state index is 13.3. The van der Waals surface area contributed by atoms with Crippen molar-refractivity contribution in [1.29, 1.82) is 0 Å². The summed E-state index contributed by atoms with van der Waals surface area (Å²) < 4.78 is 9.54. The first kappa shape index (κ1) is 20.3. The lowest BCUT2D eigenvalue weighted by molar-refractivity contribution is -0.146. The summed E-state index contributed by atoms with van der Waals surface area (Å²) in [6, 6.07) is 16.2. The number of fused-ring (bicyclic) bond motifs is 2. The third-order valence-corrected chi connectivity index (χ3v) is 5.03. The van der Waals surface area contributed by atoms with E-state index in [1.165, 1.54) is 14.2 Å². The van der Waals surface area contributed by atoms with E-state index in [2.05, 4.69) is 10.1 Å². The smallest absolute Gasteiger partial charge is 0.328 e. The van der Waals surface area contributed by atoms with Crippen LogP contribution in [0.1, 0.15) is 23.7 Å². The van der Waals surface area contributed by atoms with Crippen LogP contribution in [0.25, 0.3) is 21.5 Å². The number of benzene rings is 3. The van der Waals surface area contributed by atoms with Crippen molar-refractivity contribution in [2.24, 2.45) is 5.92 Å². The van der Waals surface area contributed by atoms with Gasteiger partial charge in [-0.25, -0.2) is 4.79 Å². The number of hydrogen-bond acceptors (Lipinski definition) is 5. The highest BCUT2D eigenvalue weighted by molar-refractivity contribution is 6.18. The minimum absolute atomic E-state index is 0.0210. The van der Waals surface area contributed by atoms with Gasteiger partial charge in [0.2, 0.25) is 0 Å². The Morgan fingerprint density at radius 2 is 1.45 bits per heavy atom. The van der Waals surface area contributed by atoms with Gasteiger partial charge in [-0.05, 0) is 33.5 Å². The molecule has 3 rings (SSSR count). The molecule has 150 valence electrons. The zero-order valence-electron chi connectivity index (χ0n) is 16.6. The van der Waals surface area contributed by atoms with E-state index in [1.54, 1.807) is 6.92 Å². The molecule has 0 saturated carbocycles. The number of esters is 2. The number of methoxy groups -OCH3 is 2. The second kappa shape index (κ2) is 8.73. The molecular formula is C23H23NO5. The fourth-order valence-electron chi connectivity index (χ4n) is 3.50. The molecule has 0 heterocycles. The lowest BCUT2D eigenvalue weighted by atomic mass is 9.94. The van der Waals surface area contributed by atoms with Gasteiger partial charge in [0.1, 0.15) is 6.04 Å². The Kier molecular flexibility index (Phi) is 6.12. The van der Waals surface area contributed by atoms with Crippen molar-refractivity contribution < 1.29 is 23.9 Å². The molecule has 3 aromatic carbocycles. The Balaban J connectivity index is 2.04. The summed E-state index contributed by atoms with van der Waals surface area (Å²) in [6.07, 6.45) is -0.0210. The van der Waals surface area contributed by atoms with Crippen LogP contribution in [-0.4, -0.2) is 38.1 Å². The van der Waals surface area contributed by atoms with Crippen LogP contribution in [0.4, 0.5) is 0 Å². The molecule has 2 atom stereocenters. The Morgan fingerprint density at radius 1 is 0.897 bits per heavy atom. The molecule has 0 fully saturated rings. The van der Waals surface area contributed by atoms with E-state index in [-0.39, 0.29) is 6.42 Å². The minimum atomic E-state index is -0.982. The van der Waals surface area contributed by atoms with Crippen molar-refractivity contribution >= 4 is 39.4 Å². The summed E-state index contributed by atoms with van der Waals surface area (Å²) in [6.45, 7) is 1.69. The van der Waals surface area contributed by atoms with Crippen LogP contribution in [0.15, 0.2) is 54.6 Å². The van der Waals surface area contributed by atoms with Crippen LogP contribution in [0, 0.1) is 5.92 Å². The fraction of sp³-hybridized carbons (Fsp3) is 0.261. The standard InChI is InChI=1S/C23H23NO5/c1-14(12-19(25)28-2)21(23(27)29-3)24-22(26)20-17-10-6-4-8-15(17)13-16-9-5-7-11-18(16)20/h4-11,13-14,21H,12H2,1-3H3,(H,24,26)/t14-,21-/m1/s1. The van der Waals surface area contributed by atoms with Gasteiger partial charge in [-0.15, -0.1) is 0 Å². The van der Waals surface area contributed by atoms with E-state index in [9.17, 15) is 14.4 Å². The molecule has 1 amide bonds. The van der Waals surface area contributed by atoms with Crippen LogP contribution in [-0.2, 0) is 19.1 Å². The molecule has 0 aromatic heterocycles. The van der Waals surface area contributed by atoms with E-state index in [0.717, 1.165) is 21.5 Å². The number of rotatable bonds is 6. The summed E-state index contributed by atoms with van der Waals surface area (Å²) in [4.78, 5) is 37.3. The van der Waals surface area contributed by atoms with Gasteiger partial charge in [0.15, 0.2) is 0 Å². The summed E-state index contributed by atoms with van der Waals surface area (Å²) in [5.41, 5.74) is 0.484. The zero-order chi connectivity index (χ0) is 21.0. The number of amides is 1. The predicted octanol–water partition coefficient (Wildman–Crippen LogP) is 3.46. The quantitative estimate of drug-likeness (QED) is 0.512. The van der Waals surface area contributed by atoms with Crippen LogP contribution in [0.3, 0.4) is 0 Å². The zero-order valence-corrected chi connectivity index (χ0v) is 16.6. The SMILES string of the molecule is COC(=O)C[C@@H](C)[C@@H](NC(=O)c1c2ccccc2cc2ccccc12)C(=O)OC. The van der Waals surface area contributed by atoms with Gasteiger partial charge in [0.05, 0.1) is 26.2 Å². The summed E-state index contributed by atoms with van der Waals surface area (Å²) >= 11 is 0. The Bertz CT molecular complexity index is 1020. The fourth-order valence-corrected chi connectivity index (χ4v) is 3.50. The molecule has 0 aliphatic rings. The maximum atomic E-state index is 13.3. The van der Waals surface area contributed by atoms with Crippen LogP contribution < -0.4 is 5.32 Å². The second-order valence-corrected chi connectivity index (χ2v) is 6.93. The molecule has 0 bridgehead atoms. The van der Waals surface area contributed by atoms with Crippen molar-refractivity contribution in [3.63, 3.8) is 0 Å². The van der Waals surface area contributed by atoms with Crippen molar-refractivity contribution in [3.05, 3.63) is 60.2 Å². The molecule has 1 N–H and O–H groups in total. The molecule has 0 unspecified atom stereocenters. The highest BCUT2D eigenvalue weighted by Crippen LogP contribution is 2.28. The van der Waals surface area contributed by atoms with E-state index in [0.29, 0.717) is 5.56 Å². The first-order chi connectivity index (χ1) is 14.0. The average molecular weight is 393 g/mol. The molecule has 3 aromatic rings. The molecule has 0 aliphatic heterocycles. The minimum Gasteiger partial charge on any atom is -0.469 e. The van der Waals surface area contributed by atoms with E-state index >= 15 is 0 Å². The Labute approximate surface area is 168 Å². The lowest BCUT2D eigenvalue weighted by Crippen LogP contribution is -2.46. The first-order valence-electron chi connectivity index (χ1n) is 9.32. The third-order valence-electron chi connectivity index (χ3n) is 5.03. The summed E-state index contributed by atoms with van der Waals surface area (Å²) in [5, 5.41) is 6.20. The van der Waals surface area contributed by atoms with Crippen molar-refractivity contribution in [3.8, 4) is 0 Å². The van der Waals surface area contributed by atoms with Gasteiger partial charge in [-0.3, -0.25) is 9.59 Å². The van der Waals surface area contributed by atoms with Crippen molar-refractivity contribution in [1.82, 2.24) is 5.32 Å². The molecular weight excluding hydrogens is 370 g/mol. The lowest BCUT2D eigenvalue weighted by Gasteiger charge is -2.23. The van der Waals surface area contributed by atoms with Crippen molar-refractivity contribution in [2.45, 2.75) is 19.4 Å². The van der Waals surface area contributed by atoms with Gasteiger partial charge in [-0.1, -0.05) is 55.5 Å². The monoisotopic (exact) mass is 393 g/mol. The molecule has 29 heavy (non-hydrogen) atoms. The molecule has 0 radical (unpaired) electrons. The van der Waals surface area contributed by atoms with Gasteiger partial charge < -0.3 is 14.8 Å². The summed E-state index contributed by atoms with van der Waals surface area (Å²) in [5.74, 6) is -1.97. The van der Waals surface area contributed by atoms with Gasteiger partial charge in [0, 0.05) is 0 Å². The second-order valence-electron chi connectivity index (χ2n) is 6.93. The molecule has 0 saturated heterocycles. The predicted molar refractivity (Wildman–Crippen MR) is 111 cm³/mol. The highest BCUT2D eigenvalue weighted by Gasteiger charge is 2.30. The third kappa shape index (κ3) is 4.21. The number of nitrogens with one attached hydrogen (secondary N) is 1. The molecule has 6 heteroatoms. The van der Waals surface area contributed by atoms with Crippen molar-refractivity contribution in [2.75, 3.05) is 14.2 Å². The van der Waals surface area contributed by atoms with E-state index in [4.69, 9.17) is 4.74 Å². The average Bonchev–Trinajstić information content (AvgIpc) is 2.74. The number of hydrogen-bond donors (Lipinski definition) is 1. The largest absolute Gasteiger partial charge is 0.469 e. The topological polar surface area (TPSA) is 81.7 Å². The van der Waals surface area contributed by atoms with Crippen LogP contribution >= 0.6 is 0 Å². The Hall–Kier alpha value is -3.41. The maximum Gasteiger partial charge on any atom is 0.328 e. The van der Waals surface area contributed by atoms with E-state index < -0.39 is 29.8 Å².